The molecule has 1 rings (SSSR count). The monoisotopic (exact) mass is 252 g/mol. The fourth-order valence-corrected chi connectivity index (χ4v) is 2.37. The van der Waals surface area contributed by atoms with Gasteiger partial charge in [-0.1, -0.05) is 0 Å². The summed E-state index contributed by atoms with van der Waals surface area (Å²) in [6.07, 6.45) is 2.09. The summed E-state index contributed by atoms with van der Waals surface area (Å²) in [7, 11) is 1.97. The molecule has 0 saturated carbocycles. The van der Waals surface area contributed by atoms with Gasteiger partial charge in [-0.25, -0.2) is 0 Å². The van der Waals surface area contributed by atoms with Gasteiger partial charge >= 0.3 is 0 Å². The van der Waals surface area contributed by atoms with Crippen LogP contribution in [0.5, 0.6) is 0 Å². The number of hydrogen-bond donors (Lipinski definition) is 1. The minimum atomic E-state index is 0.604. The second kappa shape index (κ2) is 6.90. The maximum atomic E-state index is 4.35. The molecule has 1 N–H and O–H groups in total. The summed E-state index contributed by atoms with van der Waals surface area (Å²) in [6, 6.07) is 1.21. The third-order valence-corrected chi connectivity index (χ3v) is 3.30. The van der Waals surface area contributed by atoms with E-state index in [4.69, 9.17) is 0 Å². The molecular weight excluding hydrogens is 224 g/mol. The molecule has 4 heteroatoms. The highest BCUT2D eigenvalue weighted by atomic mass is 15.3. The summed E-state index contributed by atoms with van der Waals surface area (Å²) in [5, 5.41) is 7.85. The lowest BCUT2D eigenvalue weighted by molar-refractivity contribution is 0.176. The Labute approximate surface area is 111 Å². The quantitative estimate of drug-likeness (QED) is 0.753. The fraction of sp³-hybridized carbons (Fsp3) is 0.786. The molecule has 0 amide bonds. The van der Waals surface area contributed by atoms with Gasteiger partial charge in [0.15, 0.2) is 0 Å². The summed E-state index contributed by atoms with van der Waals surface area (Å²) in [6.45, 7) is 14.1. The van der Waals surface area contributed by atoms with Crippen LogP contribution in [0.1, 0.15) is 39.0 Å². The molecule has 104 valence electrons. The Morgan fingerprint density at radius 1 is 1.28 bits per heavy atom. The van der Waals surface area contributed by atoms with E-state index in [0.717, 1.165) is 25.3 Å². The molecule has 0 atom stereocenters. The van der Waals surface area contributed by atoms with Crippen molar-refractivity contribution >= 4 is 0 Å². The predicted octanol–water partition coefficient (Wildman–Crippen LogP) is 1.94. The van der Waals surface area contributed by atoms with Crippen molar-refractivity contribution in [3.63, 3.8) is 0 Å². The number of aryl methyl sites for hydroxylation is 2. The maximum Gasteiger partial charge on any atom is 0.0638 e. The molecule has 0 radical (unpaired) electrons. The van der Waals surface area contributed by atoms with Crippen LogP contribution in [-0.2, 0) is 13.6 Å². The molecular formula is C14H28N4. The highest BCUT2D eigenvalue weighted by molar-refractivity contribution is 5.14. The Hall–Kier alpha value is -0.870. The summed E-state index contributed by atoms with van der Waals surface area (Å²) >= 11 is 0. The van der Waals surface area contributed by atoms with Crippen molar-refractivity contribution in [2.45, 2.75) is 53.2 Å². The minimum absolute atomic E-state index is 0.604. The number of hydrogen-bond acceptors (Lipinski definition) is 3. The van der Waals surface area contributed by atoms with E-state index in [0.29, 0.717) is 12.1 Å². The highest BCUT2D eigenvalue weighted by Crippen LogP contribution is 2.05. The first-order valence-corrected chi connectivity index (χ1v) is 6.87. The number of rotatable bonds is 7. The van der Waals surface area contributed by atoms with Crippen molar-refractivity contribution in [1.29, 1.82) is 0 Å². The summed E-state index contributed by atoms with van der Waals surface area (Å²) in [5.74, 6) is 0. The minimum Gasteiger partial charge on any atom is -0.311 e. The molecule has 0 aliphatic heterocycles. The molecule has 18 heavy (non-hydrogen) atoms. The normalized spacial score (nSPS) is 12.1. The number of nitrogens with zero attached hydrogens (tertiary/aromatic N) is 3. The van der Waals surface area contributed by atoms with Gasteiger partial charge in [0.1, 0.15) is 0 Å². The van der Waals surface area contributed by atoms with Crippen LogP contribution in [0.25, 0.3) is 0 Å². The average molecular weight is 252 g/mol. The zero-order valence-electron chi connectivity index (χ0n) is 12.7. The van der Waals surface area contributed by atoms with Crippen molar-refractivity contribution in [2.24, 2.45) is 7.05 Å². The highest BCUT2D eigenvalue weighted by Gasteiger charge is 2.12. The molecule has 1 heterocycles. The van der Waals surface area contributed by atoms with E-state index >= 15 is 0 Å². The van der Waals surface area contributed by atoms with Gasteiger partial charge in [0.25, 0.3) is 0 Å². The molecule has 1 aromatic rings. The van der Waals surface area contributed by atoms with Crippen molar-refractivity contribution in [3.8, 4) is 0 Å². The first-order valence-electron chi connectivity index (χ1n) is 6.87. The average Bonchev–Trinajstić information content (AvgIpc) is 2.56. The lowest BCUT2D eigenvalue weighted by atomic mass is 10.2. The third kappa shape index (κ3) is 4.42. The van der Waals surface area contributed by atoms with E-state index < -0.39 is 0 Å². The van der Waals surface area contributed by atoms with Gasteiger partial charge in [-0.15, -0.1) is 0 Å². The van der Waals surface area contributed by atoms with Crippen LogP contribution in [-0.4, -0.2) is 39.9 Å². The Morgan fingerprint density at radius 2 is 1.89 bits per heavy atom. The second-order valence-electron chi connectivity index (χ2n) is 5.52. The van der Waals surface area contributed by atoms with Crippen LogP contribution in [0.4, 0.5) is 0 Å². The van der Waals surface area contributed by atoms with E-state index in [1.165, 1.54) is 5.56 Å². The predicted molar refractivity (Wildman–Crippen MR) is 76.6 cm³/mol. The first kappa shape index (κ1) is 15.2. The first-order chi connectivity index (χ1) is 8.41. The molecule has 0 fully saturated rings. The van der Waals surface area contributed by atoms with Gasteiger partial charge in [0, 0.05) is 50.5 Å². The van der Waals surface area contributed by atoms with Gasteiger partial charge in [-0.05, 0) is 34.6 Å². The SMILES string of the molecule is Cc1nn(C)cc1CNCCN(C(C)C)C(C)C. The van der Waals surface area contributed by atoms with Gasteiger partial charge in [0.05, 0.1) is 5.69 Å². The Morgan fingerprint density at radius 3 is 2.33 bits per heavy atom. The molecule has 0 aliphatic rings. The molecule has 4 nitrogen and oxygen atoms in total. The van der Waals surface area contributed by atoms with Gasteiger partial charge < -0.3 is 5.32 Å². The van der Waals surface area contributed by atoms with Crippen LogP contribution in [0.15, 0.2) is 6.20 Å². The van der Waals surface area contributed by atoms with Gasteiger partial charge in [-0.2, -0.15) is 5.10 Å². The van der Waals surface area contributed by atoms with Crippen LogP contribution in [0, 0.1) is 6.92 Å². The largest absolute Gasteiger partial charge is 0.311 e. The Kier molecular flexibility index (Phi) is 5.82. The topological polar surface area (TPSA) is 33.1 Å². The molecule has 0 bridgehead atoms. The van der Waals surface area contributed by atoms with Crippen molar-refractivity contribution in [3.05, 3.63) is 17.5 Å². The van der Waals surface area contributed by atoms with Crippen molar-refractivity contribution in [2.75, 3.05) is 13.1 Å². The van der Waals surface area contributed by atoms with Crippen molar-refractivity contribution in [1.82, 2.24) is 20.0 Å². The molecule has 1 aromatic heterocycles. The smallest absolute Gasteiger partial charge is 0.0638 e. The summed E-state index contributed by atoms with van der Waals surface area (Å²) in [4.78, 5) is 2.50. The second-order valence-corrected chi connectivity index (χ2v) is 5.52. The van der Waals surface area contributed by atoms with Gasteiger partial charge in [0.2, 0.25) is 0 Å². The third-order valence-electron chi connectivity index (χ3n) is 3.30. The molecule has 0 unspecified atom stereocenters. The van der Waals surface area contributed by atoms with Crippen LogP contribution in [0.2, 0.25) is 0 Å². The summed E-state index contributed by atoms with van der Waals surface area (Å²) < 4.78 is 1.88. The molecule has 0 spiro atoms. The van der Waals surface area contributed by atoms with E-state index in [1.807, 2.05) is 11.7 Å². The number of nitrogens with one attached hydrogen (secondary N) is 1. The Balaban J connectivity index is 2.32. The maximum absolute atomic E-state index is 4.35. The zero-order chi connectivity index (χ0) is 13.7. The molecule has 0 saturated heterocycles. The zero-order valence-corrected chi connectivity index (χ0v) is 12.7. The fourth-order valence-electron chi connectivity index (χ4n) is 2.37. The van der Waals surface area contributed by atoms with E-state index in [2.05, 4.69) is 56.1 Å². The Bertz CT molecular complexity index is 347. The van der Waals surface area contributed by atoms with Crippen molar-refractivity contribution < 1.29 is 0 Å². The number of aromatic nitrogens is 2. The van der Waals surface area contributed by atoms with E-state index in [-0.39, 0.29) is 0 Å². The lowest BCUT2D eigenvalue weighted by Crippen LogP contribution is -2.41. The summed E-state index contributed by atoms with van der Waals surface area (Å²) in [5.41, 5.74) is 2.41. The van der Waals surface area contributed by atoms with E-state index in [9.17, 15) is 0 Å². The van der Waals surface area contributed by atoms with Crippen LogP contribution < -0.4 is 5.32 Å². The lowest BCUT2D eigenvalue weighted by Gasteiger charge is -2.30. The van der Waals surface area contributed by atoms with Crippen LogP contribution >= 0.6 is 0 Å². The van der Waals surface area contributed by atoms with Gasteiger partial charge in [-0.3, -0.25) is 9.58 Å². The van der Waals surface area contributed by atoms with E-state index in [1.54, 1.807) is 0 Å². The molecule has 0 aromatic carbocycles. The molecule has 0 aliphatic carbocycles. The van der Waals surface area contributed by atoms with Crippen LogP contribution in [0.3, 0.4) is 0 Å². The standard InChI is InChI=1S/C14H28N4/c1-11(2)18(12(3)4)8-7-15-9-14-10-17(6)16-13(14)5/h10-12,15H,7-9H2,1-6H3.